The Kier molecular flexibility index (Phi) is 8.14. The molecule has 0 bridgehead atoms. The molecule has 1 atom stereocenters. The molecule has 9 heteroatoms. The van der Waals surface area contributed by atoms with Crippen molar-refractivity contribution in [3.8, 4) is 10.4 Å². The molecule has 6 nitrogen and oxygen atoms in total. The van der Waals surface area contributed by atoms with E-state index < -0.39 is 11.3 Å². The number of hydrogen-bond acceptors (Lipinski definition) is 6. The molecule has 0 aliphatic carbocycles. The van der Waals surface area contributed by atoms with Crippen LogP contribution in [0.25, 0.3) is 10.4 Å². The number of rotatable bonds is 9. The minimum absolute atomic E-state index is 0.0118. The lowest BCUT2D eigenvalue weighted by Gasteiger charge is -2.32. The topological polar surface area (TPSA) is 75.2 Å². The lowest BCUT2D eigenvalue weighted by Crippen LogP contribution is -2.36. The zero-order valence-electron chi connectivity index (χ0n) is 21.2. The van der Waals surface area contributed by atoms with Gasteiger partial charge in [-0.1, -0.05) is 49.4 Å². The second kappa shape index (κ2) is 11.3. The largest absolute Gasteiger partial charge is 0.339 e. The van der Waals surface area contributed by atoms with E-state index >= 15 is 0 Å². The van der Waals surface area contributed by atoms with Gasteiger partial charge in [0.25, 0.3) is 5.91 Å². The number of aromatic nitrogens is 2. The molecule has 0 spiro atoms. The minimum Gasteiger partial charge on any atom is -0.339 e. The van der Waals surface area contributed by atoms with Gasteiger partial charge >= 0.3 is 0 Å². The smallest absolute Gasteiger partial charge is 0.253 e. The predicted octanol–water partition coefficient (Wildman–Crippen LogP) is 6.68. The molecule has 37 heavy (non-hydrogen) atoms. The predicted molar refractivity (Wildman–Crippen MR) is 148 cm³/mol. The van der Waals surface area contributed by atoms with Crippen LogP contribution in [0.15, 0.2) is 66.2 Å². The van der Waals surface area contributed by atoms with E-state index in [-0.39, 0.29) is 17.6 Å². The van der Waals surface area contributed by atoms with Crippen molar-refractivity contribution >= 4 is 39.6 Å². The summed E-state index contributed by atoms with van der Waals surface area (Å²) in [5, 5.41) is 11.0. The Morgan fingerprint density at radius 2 is 1.78 bits per heavy atom. The van der Waals surface area contributed by atoms with Crippen molar-refractivity contribution in [2.45, 2.75) is 33.6 Å². The molecule has 0 saturated heterocycles. The SMILES string of the molecule is CCN(CC)C(=O)c1ccc(-c2ccc(C(c3cccc(F)c3)C(C)(C)C(=O)Nc3nncs3)s2)cc1. The standard InChI is InChI=1S/C28H29FN4O2S2/c1-5-33(6-2)25(34)19-12-10-18(11-13-19)22-14-15-23(37-22)24(20-8-7-9-21(29)16-20)28(3,4)26(35)31-27-32-30-17-36-27/h7-17,24H,5-6H2,1-4H3,(H,31,32,35). The Balaban J connectivity index is 1.67. The average molecular weight is 537 g/mol. The zero-order valence-corrected chi connectivity index (χ0v) is 22.8. The maximum absolute atomic E-state index is 14.3. The third-order valence-corrected chi connectivity index (χ3v) is 8.25. The van der Waals surface area contributed by atoms with E-state index in [0.717, 1.165) is 15.3 Å². The Morgan fingerprint density at radius 1 is 1.05 bits per heavy atom. The fourth-order valence-corrected chi connectivity index (χ4v) is 6.14. The molecule has 0 aliphatic rings. The van der Waals surface area contributed by atoms with Crippen LogP contribution < -0.4 is 5.32 Å². The van der Waals surface area contributed by atoms with Crippen LogP contribution in [0.5, 0.6) is 0 Å². The number of benzene rings is 2. The quantitative estimate of drug-likeness (QED) is 0.259. The molecule has 4 rings (SSSR count). The van der Waals surface area contributed by atoms with E-state index in [9.17, 15) is 14.0 Å². The number of thiophene rings is 1. The van der Waals surface area contributed by atoms with Gasteiger partial charge in [0, 0.05) is 34.3 Å². The van der Waals surface area contributed by atoms with E-state index in [1.807, 2.05) is 70.2 Å². The molecular weight excluding hydrogens is 507 g/mol. The fraction of sp³-hybridized carbons (Fsp3) is 0.286. The Labute approximate surface area is 224 Å². The van der Waals surface area contributed by atoms with E-state index in [4.69, 9.17) is 0 Å². The summed E-state index contributed by atoms with van der Waals surface area (Å²) in [6.45, 7) is 8.96. The highest BCUT2D eigenvalue weighted by Gasteiger charge is 2.40. The number of anilines is 1. The molecule has 0 radical (unpaired) electrons. The van der Waals surface area contributed by atoms with Crippen molar-refractivity contribution in [3.63, 3.8) is 0 Å². The number of nitrogens with zero attached hydrogens (tertiary/aromatic N) is 3. The minimum atomic E-state index is -0.929. The first-order valence-corrected chi connectivity index (χ1v) is 13.8. The van der Waals surface area contributed by atoms with Crippen LogP contribution in [-0.4, -0.2) is 40.0 Å². The molecule has 4 aromatic rings. The van der Waals surface area contributed by atoms with Crippen LogP contribution in [-0.2, 0) is 4.79 Å². The van der Waals surface area contributed by atoms with Gasteiger partial charge in [0.1, 0.15) is 11.3 Å². The Bertz CT molecular complexity index is 1360. The summed E-state index contributed by atoms with van der Waals surface area (Å²) in [6.07, 6.45) is 0. The van der Waals surface area contributed by atoms with E-state index in [2.05, 4.69) is 15.5 Å². The van der Waals surface area contributed by atoms with E-state index in [1.54, 1.807) is 27.8 Å². The van der Waals surface area contributed by atoms with E-state index in [0.29, 0.717) is 29.3 Å². The van der Waals surface area contributed by atoms with Gasteiger partial charge in [0.05, 0.1) is 5.41 Å². The summed E-state index contributed by atoms with van der Waals surface area (Å²) in [7, 11) is 0. The molecule has 1 N–H and O–H groups in total. The third-order valence-electron chi connectivity index (χ3n) is 6.45. The number of halogens is 1. The summed E-state index contributed by atoms with van der Waals surface area (Å²) in [4.78, 5) is 29.8. The number of amides is 2. The van der Waals surface area contributed by atoms with Gasteiger partial charge < -0.3 is 10.2 Å². The highest BCUT2D eigenvalue weighted by atomic mass is 32.1. The van der Waals surface area contributed by atoms with Gasteiger partial charge in [-0.05, 0) is 61.4 Å². The first-order chi connectivity index (χ1) is 17.7. The summed E-state index contributed by atoms with van der Waals surface area (Å²) < 4.78 is 14.3. The van der Waals surface area contributed by atoms with Gasteiger partial charge in [0.2, 0.25) is 11.0 Å². The third kappa shape index (κ3) is 5.78. The lowest BCUT2D eigenvalue weighted by molar-refractivity contribution is -0.124. The first-order valence-electron chi connectivity index (χ1n) is 12.1. The molecule has 2 aromatic heterocycles. The molecule has 0 aliphatic heterocycles. The van der Waals surface area contributed by atoms with Crippen molar-refractivity contribution < 1.29 is 14.0 Å². The molecule has 2 aromatic carbocycles. The van der Waals surface area contributed by atoms with Crippen molar-refractivity contribution in [2.75, 3.05) is 18.4 Å². The van der Waals surface area contributed by atoms with Crippen LogP contribution in [0.3, 0.4) is 0 Å². The normalized spacial score (nSPS) is 12.2. The van der Waals surface area contributed by atoms with Gasteiger partial charge in [-0.2, -0.15) is 0 Å². The van der Waals surface area contributed by atoms with E-state index in [1.165, 1.54) is 23.5 Å². The lowest BCUT2D eigenvalue weighted by atomic mass is 9.73. The van der Waals surface area contributed by atoms with Gasteiger partial charge in [-0.25, -0.2) is 4.39 Å². The summed E-state index contributed by atoms with van der Waals surface area (Å²) in [5.74, 6) is -0.975. The highest BCUT2D eigenvalue weighted by molar-refractivity contribution is 7.15. The number of carbonyl (C=O) groups excluding carboxylic acids is 2. The van der Waals surface area contributed by atoms with Crippen LogP contribution >= 0.6 is 22.7 Å². The molecule has 2 amide bonds. The number of nitrogens with one attached hydrogen (secondary N) is 1. The Morgan fingerprint density at radius 3 is 2.41 bits per heavy atom. The van der Waals surface area contributed by atoms with Gasteiger partial charge in [0.15, 0.2) is 0 Å². The van der Waals surface area contributed by atoms with Crippen LogP contribution in [0.4, 0.5) is 9.52 Å². The van der Waals surface area contributed by atoms with Crippen molar-refractivity contribution in [1.82, 2.24) is 15.1 Å². The maximum atomic E-state index is 14.3. The van der Waals surface area contributed by atoms with Crippen LogP contribution in [0.1, 0.15) is 54.4 Å². The van der Waals surface area contributed by atoms with Crippen molar-refractivity contribution in [2.24, 2.45) is 5.41 Å². The van der Waals surface area contributed by atoms with Crippen LogP contribution in [0.2, 0.25) is 0 Å². The zero-order chi connectivity index (χ0) is 26.6. The van der Waals surface area contributed by atoms with Gasteiger partial charge in [-0.3, -0.25) is 9.59 Å². The average Bonchev–Trinajstić information content (AvgIpc) is 3.57. The molecule has 1 unspecified atom stereocenters. The summed E-state index contributed by atoms with van der Waals surface area (Å²) in [5.41, 5.74) is 2.96. The van der Waals surface area contributed by atoms with Crippen molar-refractivity contribution in [3.05, 3.63) is 88.0 Å². The van der Waals surface area contributed by atoms with Crippen LogP contribution in [0, 0.1) is 11.2 Å². The molecule has 0 fully saturated rings. The highest BCUT2D eigenvalue weighted by Crippen LogP contribution is 2.46. The molecule has 192 valence electrons. The first kappa shape index (κ1) is 26.6. The summed E-state index contributed by atoms with van der Waals surface area (Å²) in [6, 6.07) is 18.0. The fourth-order valence-electron chi connectivity index (χ4n) is 4.37. The second-order valence-electron chi connectivity index (χ2n) is 9.16. The number of hydrogen-bond donors (Lipinski definition) is 1. The van der Waals surface area contributed by atoms with Gasteiger partial charge in [-0.15, -0.1) is 21.5 Å². The number of carbonyl (C=O) groups is 2. The molecule has 2 heterocycles. The maximum Gasteiger partial charge on any atom is 0.253 e. The molecular formula is C28H29FN4O2S2. The monoisotopic (exact) mass is 536 g/mol. The summed E-state index contributed by atoms with van der Waals surface area (Å²) >= 11 is 2.80. The Hall–Kier alpha value is -3.43. The molecule has 0 saturated carbocycles. The van der Waals surface area contributed by atoms with Crippen molar-refractivity contribution in [1.29, 1.82) is 0 Å². The second-order valence-corrected chi connectivity index (χ2v) is 11.1.